The molecule has 2 N–H and O–H groups in total. The summed E-state index contributed by atoms with van der Waals surface area (Å²) in [6.45, 7) is 5.70. The molecule has 0 fully saturated rings. The average Bonchev–Trinajstić information content (AvgIpc) is 2.28. The Hall–Kier alpha value is -1.48. The van der Waals surface area contributed by atoms with Gasteiger partial charge in [-0.05, 0) is 31.0 Å². The van der Waals surface area contributed by atoms with Crippen molar-refractivity contribution < 1.29 is 9.47 Å². The lowest BCUT2D eigenvalue weighted by molar-refractivity contribution is 0.383. The van der Waals surface area contributed by atoms with Crippen LogP contribution in [0.2, 0.25) is 0 Å². The van der Waals surface area contributed by atoms with Gasteiger partial charge in [-0.3, -0.25) is 0 Å². The van der Waals surface area contributed by atoms with E-state index in [1.54, 1.807) is 20.3 Å². The molecule has 0 saturated carbocycles. The summed E-state index contributed by atoms with van der Waals surface area (Å²) in [5.41, 5.74) is 7.79. The Balaban J connectivity index is 3.25. The SMILES string of the molecule is C=Cc1cc(OC)c(CC(C)N)c(OC)c1. The molecule has 0 radical (unpaired) electrons. The van der Waals surface area contributed by atoms with E-state index in [0.717, 1.165) is 29.0 Å². The van der Waals surface area contributed by atoms with Crippen LogP contribution in [0, 0.1) is 0 Å². The first-order valence-corrected chi connectivity index (χ1v) is 5.25. The van der Waals surface area contributed by atoms with Gasteiger partial charge in [0.15, 0.2) is 0 Å². The third-order valence-corrected chi connectivity index (χ3v) is 2.39. The Bertz CT molecular complexity index is 347. The topological polar surface area (TPSA) is 44.5 Å². The molecule has 0 aliphatic carbocycles. The van der Waals surface area contributed by atoms with Crippen molar-refractivity contribution in [2.24, 2.45) is 5.73 Å². The fourth-order valence-electron chi connectivity index (χ4n) is 1.65. The minimum Gasteiger partial charge on any atom is -0.496 e. The van der Waals surface area contributed by atoms with E-state index in [0.29, 0.717) is 0 Å². The second kappa shape index (κ2) is 5.56. The van der Waals surface area contributed by atoms with E-state index >= 15 is 0 Å². The van der Waals surface area contributed by atoms with Crippen LogP contribution >= 0.6 is 0 Å². The van der Waals surface area contributed by atoms with E-state index in [-0.39, 0.29) is 6.04 Å². The van der Waals surface area contributed by atoms with Crippen molar-refractivity contribution in [2.75, 3.05) is 14.2 Å². The second-order valence-corrected chi connectivity index (χ2v) is 3.79. The van der Waals surface area contributed by atoms with Gasteiger partial charge in [0.1, 0.15) is 11.5 Å². The molecule has 1 aromatic rings. The van der Waals surface area contributed by atoms with Crippen LogP contribution < -0.4 is 15.2 Å². The lowest BCUT2D eigenvalue weighted by Gasteiger charge is -2.15. The predicted octanol–water partition coefficient (Wildman–Crippen LogP) is 2.24. The molecule has 0 saturated heterocycles. The fraction of sp³-hybridized carbons (Fsp3) is 0.385. The van der Waals surface area contributed by atoms with Gasteiger partial charge in [0, 0.05) is 11.6 Å². The van der Waals surface area contributed by atoms with Gasteiger partial charge in [0.25, 0.3) is 0 Å². The van der Waals surface area contributed by atoms with Crippen LogP contribution in [0.25, 0.3) is 6.08 Å². The largest absolute Gasteiger partial charge is 0.496 e. The standard InChI is InChI=1S/C13H19NO2/c1-5-10-7-12(15-3)11(6-9(2)14)13(8-10)16-4/h5,7-9H,1,6,14H2,2-4H3. The first kappa shape index (κ1) is 12.6. The Morgan fingerprint density at radius 1 is 1.31 bits per heavy atom. The molecular weight excluding hydrogens is 202 g/mol. The molecule has 1 aromatic carbocycles. The molecule has 0 aliphatic rings. The molecule has 0 spiro atoms. The minimum absolute atomic E-state index is 0.0670. The van der Waals surface area contributed by atoms with Gasteiger partial charge in [0.05, 0.1) is 14.2 Å². The van der Waals surface area contributed by atoms with Gasteiger partial charge >= 0.3 is 0 Å². The highest BCUT2D eigenvalue weighted by molar-refractivity contribution is 5.58. The van der Waals surface area contributed by atoms with Gasteiger partial charge in [-0.25, -0.2) is 0 Å². The number of nitrogens with two attached hydrogens (primary N) is 1. The molecule has 0 bridgehead atoms. The monoisotopic (exact) mass is 221 g/mol. The van der Waals surface area contributed by atoms with Crippen molar-refractivity contribution in [1.82, 2.24) is 0 Å². The molecule has 0 aliphatic heterocycles. The zero-order valence-electron chi connectivity index (χ0n) is 10.1. The highest BCUT2D eigenvalue weighted by Crippen LogP contribution is 2.31. The smallest absolute Gasteiger partial charge is 0.126 e. The maximum absolute atomic E-state index is 5.81. The van der Waals surface area contributed by atoms with Crippen LogP contribution in [-0.4, -0.2) is 20.3 Å². The van der Waals surface area contributed by atoms with Gasteiger partial charge < -0.3 is 15.2 Å². The van der Waals surface area contributed by atoms with Crippen molar-refractivity contribution in [2.45, 2.75) is 19.4 Å². The molecule has 0 amide bonds. The van der Waals surface area contributed by atoms with Crippen LogP contribution in [0.1, 0.15) is 18.1 Å². The van der Waals surface area contributed by atoms with Crippen molar-refractivity contribution >= 4 is 6.08 Å². The molecule has 0 aromatic heterocycles. The van der Waals surface area contributed by atoms with E-state index in [2.05, 4.69) is 6.58 Å². The van der Waals surface area contributed by atoms with Crippen LogP contribution in [0.4, 0.5) is 0 Å². The maximum atomic E-state index is 5.81. The van der Waals surface area contributed by atoms with Gasteiger partial charge in [-0.2, -0.15) is 0 Å². The quantitative estimate of drug-likeness (QED) is 0.829. The fourth-order valence-corrected chi connectivity index (χ4v) is 1.65. The van der Waals surface area contributed by atoms with E-state index in [1.165, 1.54) is 0 Å². The first-order valence-electron chi connectivity index (χ1n) is 5.25. The minimum atomic E-state index is 0.0670. The average molecular weight is 221 g/mol. The number of hydrogen-bond donors (Lipinski definition) is 1. The summed E-state index contributed by atoms with van der Waals surface area (Å²) >= 11 is 0. The molecule has 3 nitrogen and oxygen atoms in total. The van der Waals surface area contributed by atoms with Crippen molar-refractivity contribution in [3.8, 4) is 11.5 Å². The summed E-state index contributed by atoms with van der Waals surface area (Å²) < 4.78 is 10.7. The molecule has 16 heavy (non-hydrogen) atoms. The highest BCUT2D eigenvalue weighted by atomic mass is 16.5. The molecule has 1 unspecified atom stereocenters. The van der Waals surface area contributed by atoms with E-state index in [9.17, 15) is 0 Å². The summed E-state index contributed by atoms with van der Waals surface area (Å²) in [6.07, 6.45) is 2.49. The van der Waals surface area contributed by atoms with Crippen molar-refractivity contribution in [3.63, 3.8) is 0 Å². The van der Waals surface area contributed by atoms with Crippen LogP contribution in [0.5, 0.6) is 11.5 Å². The van der Waals surface area contributed by atoms with E-state index < -0.39 is 0 Å². The molecular formula is C13H19NO2. The summed E-state index contributed by atoms with van der Waals surface area (Å²) in [5, 5.41) is 0. The van der Waals surface area contributed by atoms with Crippen LogP contribution in [0.3, 0.4) is 0 Å². The Labute approximate surface area is 96.9 Å². The van der Waals surface area contributed by atoms with Gasteiger partial charge in [-0.1, -0.05) is 12.7 Å². The number of hydrogen-bond acceptors (Lipinski definition) is 3. The molecule has 1 rings (SSSR count). The Morgan fingerprint density at radius 2 is 1.81 bits per heavy atom. The number of rotatable bonds is 5. The van der Waals surface area contributed by atoms with Gasteiger partial charge in [0.2, 0.25) is 0 Å². The van der Waals surface area contributed by atoms with Crippen LogP contribution in [0.15, 0.2) is 18.7 Å². The third-order valence-electron chi connectivity index (χ3n) is 2.39. The third kappa shape index (κ3) is 2.76. The predicted molar refractivity (Wildman–Crippen MR) is 67.0 cm³/mol. The summed E-state index contributed by atoms with van der Waals surface area (Å²) in [4.78, 5) is 0. The Kier molecular flexibility index (Phi) is 4.38. The lowest BCUT2D eigenvalue weighted by atomic mass is 10.0. The normalized spacial score (nSPS) is 12.0. The summed E-state index contributed by atoms with van der Waals surface area (Å²) in [5.74, 6) is 1.60. The lowest BCUT2D eigenvalue weighted by Crippen LogP contribution is -2.18. The van der Waals surface area contributed by atoms with Crippen molar-refractivity contribution in [3.05, 3.63) is 29.8 Å². The van der Waals surface area contributed by atoms with Crippen LogP contribution in [-0.2, 0) is 6.42 Å². The van der Waals surface area contributed by atoms with E-state index in [4.69, 9.17) is 15.2 Å². The summed E-state index contributed by atoms with van der Waals surface area (Å²) in [6, 6.07) is 3.94. The van der Waals surface area contributed by atoms with Crippen molar-refractivity contribution in [1.29, 1.82) is 0 Å². The first-order chi connectivity index (χ1) is 7.62. The Morgan fingerprint density at radius 3 is 2.12 bits per heavy atom. The molecule has 88 valence electrons. The van der Waals surface area contributed by atoms with Gasteiger partial charge in [-0.15, -0.1) is 0 Å². The number of ether oxygens (including phenoxy) is 2. The second-order valence-electron chi connectivity index (χ2n) is 3.79. The number of methoxy groups -OCH3 is 2. The zero-order valence-corrected chi connectivity index (χ0v) is 10.1. The molecule has 3 heteroatoms. The summed E-state index contributed by atoms with van der Waals surface area (Å²) in [7, 11) is 3.29. The number of benzene rings is 1. The van der Waals surface area contributed by atoms with E-state index in [1.807, 2.05) is 19.1 Å². The molecule has 0 heterocycles. The zero-order chi connectivity index (χ0) is 12.1. The molecule has 1 atom stereocenters. The highest BCUT2D eigenvalue weighted by Gasteiger charge is 2.13. The maximum Gasteiger partial charge on any atom is 0.126 e.